The smallest absolute Gasteiger partial charge is 0.316 e. The lowest BCUT2D eigenvalue weighted by Crippen LogP contribution is -2.25. The van der Waals surface area contributed by atoms with E-state index in [1.165, 1.54) is 6.92 Å². The molecule has 0 aromatic carbocycles. The minimum atomic E-state index is -0.548. The minimum Gasteiger partial charge on any atom is -0.459 e. The number of ether oxygens (including phenoxy) is 2. The van der Waals surface area contributed by atoms with Crippen molar-refractivity contribution in [2.75, 3.05) is 0 Å². The molecule has 1 aliphatic carbocycles. The molecule has 1 saturated carbocycles. The van der Waals surface area contributed by atoms with Gasteiger partial charge in [0.05, 0.1) is 11.3 Å². The Kier molecular flexibility index (Phi) is 4.13. The highest BCUT2D eigenvalue weighted by molar-refractivity contribution is 5.76. The summed E-state index contributed by atoms with van der Waals surface area (Å²) < 4.78 is 10.8. The topological polar surface area (TPSA) is 52.6 Å². The lowest BCUT2D eigenvalue weighted by atomic mass is 9.97. The van der Waals surface area contributed by atoms with Crippen molar-refractivity contribution in [3.63, 3.8) is 0 Å². The second-order valence-corrected chi connectivity index (χ2v) is 6.67. The van der Waals surface area contributed by atoms with Crippen molar-refractivity contribution in [3.05, 3.63) is 11.3 Å². The molecule has 1 rings (SSSR count). The molecule has 4 nitrogen and oxygen atoms in total. The van der Waals surface area contributed by atoms with Crippen molar-refractivity contribution >= 4 is 11.9 Å². The Balaban J connectivity index is 2.82. The van der Waals surface area contributed by atoms with Crippen molar-refractivity contribution in [1.82, 2.24) is 0 Å². The average molecular weight is 268 g/mol. The molecule has 0 heterocycles. The Morgan fingerprint density at radius 1 is 1.16 bits per heavy atom. The predicted octanol–water partition coefficient (Wildman–Crippen LogP) is 3.21. The van der Waals surface area contributed by atoms with E-state index in [4.69, 9.17) is 9.47 Å². The summed E-state index contributed by atoms with van der Waals surface area (Å²) in [5, 5.41) is 0. The fourth-order valence-electron chi connectivity index (χ4n) is 1.93. The van der Waals surface area contributed by atoms with Crippen molar-refractivity contribution < 1.29 is 19.1 Å². The van der Waals surface area contributed by atoms with Gasteiger partial charge in [-0.05, 0) is 47.1 Å². The van der Waals surface area contributed by atoms with Crippen LogP contribution >= 0.6 is 0 Å². The number of rotatable bonds is 3. The molecular formula is C15H24O4. The summed E-state index contributed by atoms with van der Waals surface area (Å²) in [6.45, 7) is 12.5. The van der Waals surface area contributed by atoms with Crippen LogP contribution in [0.5, 0.6) is 0 Å². The van der Waals surface area contributed by atoms with E-state index >= 15 is 0 Å². The number of hydrogen-bond donors (Lipinski definition) is 0. The van der Waals surface area contributed by atoms with E-state index in [9.17, 15) is 9.59 Å². The maximum Gasteiger partial charge on any atom is 0.316 e. The Morgan fingerprint density at radius 2 is 1.68 bits per heavy atom. The summed E-state index contributed by atoms with van der Waals surface area (Å²) in [5.74, 6) is 0.0532. The first-order valence-corrected chi connectivity index (χ1v) is 6.56. The van der Waals surface area contributed by atoms with Crippen LogP contribution in [-0.2, 0) is 19.1 Å². The summed E-state index contributed by atoms with van der Waals surface area (Å²) in [6, 6.07) is 0. The highest BCUT2D eigenvalue weighted by Crippen LogP contribution is 2.52. The van der Waals surface area contributed by atoms with E-state index in [1.54, 1.807) is 0 Å². The van der Waals surface area contributed by atoms with Crippen LogP contribution < -0.4 is 0 Å². The van der Waals surface area contributed by atoms with E-state index in [1.807, 2.05) is 41.5 Å². The van der Waals surface area contributed by atoms with E-state index in [0.29, 0.717) is 12.2 Å². The molecule has 19 heavy (non-hydrogen) atoms. The molecule has 1 aliphatic rings. The zero-order chi connectivity index (χ0) is 15.0. The number of carbonyl (C=O) groups excluding carboxylic acids is 2. The van der Waals surface area contributed by atoms with Crippen molar-refractivity contribution in [3.8, 4) is 0 Å². The third-order valence-corrected chi connectivity index (χ3v) is 3.19. The second-order valence-electron chi connectivity index (χ2n) is 6.67. The Hall–Kier alpha value is -1.32. The molecule has 0 aromatic rings. The fourth-order valence-corrected chi connectivity index (χ4v) is 1.93. The lowest BCUT2D eigenvalue weighted by molar-refractivity contribution is -0.150. The van der Waals surface area contributed by atoms with Crippen LogP contribution in [0.2, 0.25) is 0 Å². The van der Waals surface area contributed by atoms with E-state index < -0.39 is 11.0 Å². The van der Waals surface area contributed by atoms with Crippen LogP contribution in [0.15, 0.2) is 11.3 Å². The maximum atomic E-state index is 12.0. The van der Waals surface area contributed by atoms with E-state index in [2.05, 4.69) is 0 Å². The quantitative estimate of drug-likeness (QED) is 0.582. The third-order valence-electron chi connectivity index (χ3n) is 3.19. The van der Waals surface area contributed by atoms with E-state index in [0.717, 1.165) is 5.57 Å². The molecule has 0 bridgehead atoms. The molecule has 0 amide bonds. The van der Waals surface area contributed by atoms with Gasteiger partial charge in [0, 0.05) is 13.3 Å². The summed E-state index contributed by atoms with van der Waals surface area (Å²) in [5.41, 5.74) is -0.136. The molecule has 0 aromatic heterocycles. The van der Waals surface area contributed by atoms with Gasteiger partial charge < -0.3 is 9.47 Å². The van der Waals surface area contributed by atoms with Gasteiger partial charge in [-0.15, -0.1) is 0 Å². The Morgan fingerprint density at radius 3 is 2.05 bits per heavy atom. The largest absolute Gasteiger partial charge is 0.459 e. The first-order valence-electron chi connectivity index (χ1n) is 6.56. The van der Waals surface area contributed by atoms with Gasteiger partial charge in [0.15, 0.2) is 0 Å². The van der Waals surface area contributed by atoms with Crippen LogP contribution in [0.3, 0.4) is 0 Å². The average Bonchev–Trinajstić information content (AvgIpc) is 2.82. The zero-order valence-corrected chi connectivity index (χ0v) is 12.9. The Labute approximate surface area is 115 Å². The molecule has 0 saturated heterocycles. The van der Waals surface area contributed by atoms with Crippen LogP contribution in [-0.4, -0.2) is 17.5 Å². The lowest BCUT2D eigenvalue weighted by Gasteiger charge is -2.20. The van der Waals surface area contributed by atoms with Gasteiger partial charge in [-0.1, -0.05) is 0 Å². The van der Waals surface area contributed by atoms with E-state index in [-0.39, 0.29) is 17.9 Å². The van der Waals surface area contributed by atoms with Gasteiger partial charge in [-0.2, -0.15) is 0 Å². The molecule has 0 radical (unpaired) electrons. The minimum absolute atomic E-state index is 0.0206. The Bertz CT molecular complexity index is 424. The molecule has 0 N–H and O–H groups in total. The van der Waals surface area contributed by atoms with Gasteiger partial charge in [-0.25, -0.2) is 0 Å². The maximum absolute atomic E-state index is 12.0. The number of hydrogen-bond acceptors (Lipinski definition) is 4. The molecule has 0 unspecified atom stereocenters. The first kappa shape index (κ1) is 15.7. The fraction of sp³-hybridized carbons (Fsp3) is 0.733. The van der Waals surface area contributed by atoms with Crippen LogP contribution in [0.1, 0.15) is 54.9 Å². The predicted molar refractivity (Wildman–Crippen MR) is 72.2 cm³/mol. The monoisotopic (exact) mass is 268 g/mol. The third kappa shape index (κ3) is 3.82. The normalized spacial score (nSPS) is 25.5. The number of esters is 2. The van der Waals surface area contributed by atoms with Gasteiger partial charge in [0.25, 0.3) is 0 Å². The summed E-state index contributed by atoms with van der Waals surface area (Å²) in [4.78, 5) is 23.1. The van der Waals surface area contributed by atoms with Crippen molar-refractivity contribution in [2.45, 2.75) is 60.5 Å². The zero-order valence-electron chi connectivity index (χ0n) is 12.9. The highest BCUT2D eigenvalue weighted by Gasteiger charge is 2.57. The SMILES string of the molecule is CC(=O)O[C@]1(C)C[C@H]1C(OC(=O)C(C)(C)C)=C(C)C. The highest BCUT2D eigenvalue weighted by atomic mass is 16.6. The number of carbonyl (C=O) groups is 2. The number of allylic oxidation sites excluding steroid dienone is 1. The van der Waals surface area contributed by atoms with Crippen LogP contribution in [0.4, 0.5) is 0 Å². The first-order chi connectivity index (χ1) is 8.47. The van der Waals surface area contributed by atoms with Gasteiger partial charge in [0.2, 0.25) is 0 Å². The van der Waals surface area contributed by atoms with Gasteiger partial charge in [-0.3, -0.25) is 9.59 Å². The van der Waals surface area contributed by atoms with Gasteiger partial charge in [0.1, 0.15) is 11.4 Å². The summed E-state index contributed by atoms with van der Waals surface area (Å²) >= 11 is 0. The molecule has 4 heteroatoms. The van der Waals surface area contributed by atoms with Crippen molar-refractivity contribution in [2.24, 2.45) is 11.3 Å². The molecule has 108 valence electrons. The summed E-state index contributed by atoms with van der Waals surface area (Å²) in [6.07, 6.45) is 0.699. The molecule has 0 aliphatic heterocycles. The second kappa shape index (κ2) is 4.99. The standard InChI is InChI=1S/C15H24O4/c1-9(2)12(18-13(17)14(4,5)6)11-8-15(11,7)19-10(3)16/h11H,8H2,1-7H3/t11-,15+/m0/s1. The molecule has 2 atom stereocenters. The van der Waals surface area contributed by atoms with Crippen LogP contribution in [0.25, 0.3) is 0 Å². The van der Waals surface area contributed by atoms with Crippen LogP contribution in [0, 0.1) is 11.3 Å². The molecular weight excluding hydrogens is 244 g/mol. The van der Waals surface area contributed by atoms with Crippen molar-refractivity contribution in [1.29, 1.82) is 0 Å². The molecule has 1 fully saturated rings. The summed E-state index contributed by atoms with van der Waals surface area (Å²) in [7, 11) is 0. The molecule has 0 spiro atoms. The van der Waals surface area contributed by atoms with Gasteiger partial charge >= 0.3 is 11.9 Å².